The minimum absolute atomic E-state index is 0.0800. The molecule has 0 unspecified atom stereocenters. The number of amides is 1. The predicted octanol–water partition coefficient (Wildman–Crippen LogP) is 4.39. The van der Waals surface area contributed by atoms with E-state index in [0.717, 1.165) is 17.0 Å². The van der Waals surface area contributed by atoms with Crippen molar-refractivity contribution in [2.24, 2.45) is 5.92 Å². The Morgan fingerprint density at radius 2 is 1.95 bits per heavy atom. The van der Waals surface area contributed by atoms with Gasteiger partial charge in [-0.2, -0.15) is 5.10 Å². The summed E-state index contributed by atoms with van der Waals surface area (Å²) < 4.78 is 1.88. The van der Waals surface area contributed by atoms with Gasteiger partial charge >= 0.3 is 0 Å². The molecule has 0 fully saturated rings. The zero-order chi connectivity index (χ0) is 16.4. The first-order chi connectivity index (χ1) is 10.3. The number of hydrogen-bond acceptors (Lipinski definition) is 2. The number of nitrogens with zero attached hydrogens (tertiary/aromatic N) is 2. The Kier molecular flexibility index (Phi) is 5.14. The lowest BCUT2D eigenvalue weighted by Gasteiger charge is -2.14. The molecule has 0 saturated carbocycles. The van der Waals surface area contributed by atoms with Gasteiger partial charge in [-0.15, -0.1) is 0 Å². The van der Waals surface area contributed by atoms with Crippen LogP contribution in [0.15, 0.2) is 18.2 Å². The van der Waals surface area contributed by atoms with Crippen LogP contribution in [-0.4, -0.2) is 15.7 Å². The van der Waals surface area contributed by atoms with E-state index in [2.05, 4.69) is 10.4 Å². The van der Waals surface area contributed by atoms with Gasteiger partial charge in [0.1, 0.15) is 0 Å². The second-order valence-electron chi connectivity index (χ2n) is 5.50. The lowest BCUT2D eigenvalue weighted by Crippen LogP contribution is -2.25. The standard InChI is InChI=1S/C16H19Cl2N3O/c1-9(8-21-12(4)10(2)11(3)20-21)16(22)19-13-5-6-14(17)15(18)7-13/h5-7,9H,8H2,1-4H3,(H,19,22)/t9-/m0/s1. The first-order valence-electron chi connectivity index (χ1n) is 7.06. The smallest absolute Gasteiger partial charge is 0.229 e. The Morgan fingerprint density at radius 3 is 2.50 bits per heavy atom. The number of rotatable bonds is 4. The summed E-state index contributed by atoms with van der Waals surface area (Å²) in [4.78, 5) is 12.3. The molecule has 1 aromatic carbocycles. The van der Waals surface area contributed by atoms with Gasteiger partial charge in [0.05, 0.1) is 28.2 Å². The molecule has 118 valence electrons. The van der Waals surface area contributed by atoms with Gasteiger partial charge < -0.3 is 5.32 Å². The van der Waals surface area contributed by atoms with Gasteiger partial charge in [-0.25, -0.2) is 0 Å². The van der Waals surface area contributed by atoms with E-state index >= 15 is 0 Å². The molecule has 0 radical (unpaired) electrons. The highest BCUT2D eigenvalue weighted by Gasteiger charge is 2.17. The summed E-state index contributed by atoms with van der Waals surface area (Å²) in [6, 6.07) is 5.03. The van der Waals surface area contributed by atoms with Crippen molar-refractivity contribution in [2.45, 2.75) is 34.2 Å². The second-order valence-corrected chi connectivity index (χ2v) is 6.31. The highest BCUT2D eigenvalue weighted by atomic mass is 35.5. The SMILES string of the molecule is Cc1nn(C[C@H](C)C(=O)Nc2ccc(Cl)c(Cl)c2)c(C)c1C. The normalized spacial score (nSPS) is 12.3. The summed E-state index contributed by atoms with van der Waals surface area (Å²) in [6.45, 7) is 8.43. The van der Waals surface area contributed by atoms with Crippen molar-refractivity contribution in [1.29, 1.82) is 0 Å². The topological polar surface area (TPSA) is 46.9 Å². The van der Waals surface area contributed by atoms with Crippen LogP contribution in [0.2, 0.25) is 10.0 Å². The van der Waals surface area contributed by atoms with Crippen LogP contribution in [0.1, 0.15) is 23.9 Å². The maximum absolute atomic E-state index is 12.3. The van der Waals surface area contributed by atoms with E-state index in [4.69, 9.17) is 23.2 Å². The molecule has 1 amide bonds. The number of carbonyl (C=O) groups excluding carboxylic acids is 1. The van der Waals surface area contributed by atoms with Crippen LogP contribution in [0.3, 0.4) is 0 Å². The summed E-state index contributed by atoms with van der Waals surface area (Å²) in [5.41, 5.74) is 3.88. The minimum Gasteiger partial charge on any atom is -0.326 e. The number of anilines is 1. The van der Waals surface area contributed by atoms with E-state index in [-0.39, 0.29) is 11.8 Å². The summed E-state index contributed by atoms with van der Waals surface area (Å²) in [6.07, 6.45) is 0. The molecule has 22 heavy (non-hydrogen) atoms. The zero-order valence-corrected chi connectivity index (χ0v) is 14.6. The first-order valence-corrected chi connectivity index (χ1v) is 7.81. The quantitative estimate of drug-likeness (QED) is 0.897. The maximum Gasteiger partial charge on any atom is 0.229 e. The molecule has 4 nitrogen and oxygen atoms in total. The van der Waals surface area contributed by atoms with Crippen LogP contribution < -0.4 is 5.32 Å². The summed E-state index contributed by atoms with van der Waals surface area (Å²) >= 11 is 11.8. The van der Waals surface area contributed by atoms with Crippen LogP contribution in [-0.2, 0) is 11.3 Å². The Balaban J connectivity index is 2.05. The van der Waals surface area contributed by atoms with Crippen molar-refractivity contribution in [3.63, 3.8) is 0 Å². The van der Waals surface area contributed by atoms with E-state index in [1.165, 1.54) is 0 Å². The van der Waals surface area contributed by atoms with Gasteiger partial charge in [0.15, 0.2) is 0 Å². The van der Waals surface area contributed by atoms with Gasteiger partial charge in [-0.05, 0) is 44.5 Å². The lowest BCUT2D eigenvalue weighted by atomic mass is 10.1. The molecule has 1 atom stereocenters. The Hall–Kier alpha value is -1.52. The molecular weight excluding hydrogens is 321 g/mol. The van der Waals surface area contributed by atoms with Crippen molar-refractivity contribution >= 4 is 34.8 Å². The molecule has 1 heterocycles. The number of aromatic nitrogens is 2. The number of carbonyl (C=O) groups is 1. The van der Waals surface area contributed by atoms with Crippen LogP contribution in [0.4, 0.5) is 5.69 Å². The highest BCUT2D eigenvalue weighted by Crippen LogP contribution is 2.25. The maximum atomic E-state index is 12.3. The third kappa shape index (κ3) is 3.62. The fraction of sp³-hybridized carbons (Fsp3) is 0.375. The largest absolute Gasteiger partial charge is 0.326 e. The minimum atomic E-state index is -0.216. The monoisotopic (exact) mass is 339 g/mol. The van der Waals surface area contributed by atoms with Crippen LogP contribution >= 0.6 is 23.2 Å². The van der Waals surface area contributed by atoms with E-state index < -0.39 is 0 Å². The van der Waals surface area contributed by atoms with Crippen LogP contribution in [0.25, 0.3) is 0 Å². The Morgan fingerprint density at radius 1 is 1.27 bits per heavy atom. The third-order valence-electron chi connectivity index (χ3n) is 3.82. The molecule has 2 aromatic rings. The van der Waals surface area contributed by atoms with E-state index in [1.807, 2.05) is 32.4 Å². The van der Waals surface area contributed by atoms with Gasteiger partial charge in [0.25, 0.3) is 0 Å². The molecular formula is C16H19Cl2N3O. The van der Waals surface area contributed by atoms with E-state index in [9.17, 15) is 4.79 Å². The molecule has 0 bridgehead atoms. The highest BCUT2D eigenvalue weighted by molar-refractivity contribution is 6.42. The number of halogens is 2. The number of nitrogens with one attached hydrogen (secondary N) is 1. The zero-order valence-electron chi connectivity index (χ0n) is 13.1. The Bertz CT molecular complexity index is 710. The van der Waals surface area contributed by atoms with Gasteiger partial charge in [-0.1, -0.05) is 30.1 Å². The number of benzene rings is 1. The first kappa shape index (κ1) is 16.8. The fourth-order valence-corrected chi connectivity index (χ4v) is 2.44. The van der Waals surface area contributed by atoms with Crippen LogP contribution in [0, 0.1) is 26.7 Å². The summed E-state index contributed by atoms with van der Waals surface area (Å²) in [5.74, 6) is -0.296. The average molecular weight is 340 g/mol. The molecule has 0 saturated heterocycles. The van der Waals surface area contributed by atoms with Crippen molar-refractivity contribution in [3.05, 3.63) is 45.2 Å². The molecule has 1 N–H and O–H groups in total. The van der Waals surface area contributed by atoms with Crippen molar-refractivity contribution in [1.82, 2.24) is 9.78 Å². The molecule has 0 aliphatic carbocycles. The summed E-state index contributed by atoms with van der Waals surface area (Å²) in [7, 11) is 0. The predicted molar refractivity (Wildman–Crippen MR) is 90.7 cm³/mol. The Labute approximate surface area is 140 Å². The lowest BCUT2D eigenvalue weighted by molar-refractivity contribution is -0.119. The van der Waals surface area contributed by atoms with Crippen molar-refractivity contribution < 1.29 is 4.79 Å². The summed E-state index contributed by atoms with van der Waals surface area (Å²) in [5, 5.41) is 8.19. The molecule has 0 spiro atoms. The molecule has 0 aliphatic heterocycles. The molecule has 2 rings (SSSR count). The van der Waals surface area contributed by atoms with Crippen LogP contribution in [0.5, 0.6) is 0 Å². The number of aryl methyl sites for hydroxylation is 1. The molecule has 1 aromatic heterocycles. The van der Waals surface area contributed by atoms with E-state index in [1.54, 1.807) is 18.2 Å². The second kappa shape index (κ2) is 6.71. The van der Waals surface area contributed by atoms with Gasteiger partial charge in [0, 0.05) is 11.4 Å². The van der Waals surface area contributed by atoms with Gasteiger partial charge in [-0.3, -0.25) is 9.48 Å². The molecule has 6 heteroatoms. The van der Waals surface area contributed by atoms with Crippen molar-refractivity contribution in [2.75, 3.05) is 5.32 Å². The van der Waals surface area contributed by atoms with Gasteiger partial charge in [0.2, 0.25) is 5.91 Å². The fourth-order valence-electron chi connectivity index (χ4n) is 2.15. The third-order valence-corrected chi connectivity index (χ3v) is 4.56. The van der Waals surface area contributed by atoms with E-state index in [0.29, 0.717) is 22.3 Å². The van der Waals surface area contributed by atoms with Crippen molar-refractivity contribution in [3.8, 4) is 0 Å². The average Bonchev–Trinajstić information content (AvgIpc) is 2.70. The number of hydrogen-bond donors (Lipinski definition) is 1. The molecule has 0 aliphatic rings.